The molecule has 2 aliphatic carbocycles. The molecule has 0 spiro atoms. The number of halogens is 4. The molecule has 210 valence electrons. The Bertz CT molecular complexity index is 1500. The van der Waals surface area contributed by atoms with E-state index in [1.165, 1.54) is 24.4 Å². The molecular weight excluding hydrogens is 526 g/mol. The fraction of sp³-hybridized carbons (Fsp3) is 0.414. The Kier molecular flexibility index (Phi) is 8.09. The molecule has 2 fully saturated rings. The predicted octanol–water partition coefficient (Wildman–Crippen LogP) is 6.81. The first-order chi connectivity index (χ1) is 19.2. The van der Waals surface area contributed by atoms with E-state index < -0.39 is 23.8 Å². The van der Waals surface area contributed by atoms with Gasteiger partial charge in [-0.05, 0) is 74.4 Å². The zero-order valence-electron chi connectivity index (χ0n) is 22.0. The summed E-state index contributed by atoms with van der Waals surface area (Å²) in [4.78, 5) is 21.6. The van der Waals surface area contributed by atoms with Gasteiger partial charge in [-0.1, -0.05) is 36.6 Å². The van der Waals surface area contributed by atoms with Gasteiger partial charge in [-0.3, -0.25) is 9.78 Å². The van der Waals surface area contributed by atoms with Crippen LogP contribution >= 0.6 is 0 Å². The lowest BCUT2D eigenvalue weighted by Crippen LogP contribution is -2.30. The lowest BCUT2D eigenvalue weighted by molar-refractivity contribution is -0.138. The lowest BCUT2D eigenvalue weighted by Gasteiger charge is -2.22. The Morgan fingerprint density at radius 2 is 1.77 bits per heavy atom. The van der Waals surface area contributed by atoms with E-state index in [-0.39, 0.29) is 29.2 Å². The fourth-order valence-corrected chi connectivity index (χ4v) is 4.89. The van der Waals surface area contributed by atoms with Crippen LogP contribution in [0.1, 0.15) is 85.1 Å². The maximum Gasteiger partial charge on any atom is 0.418 e. The highest BCUT2D eigenvalue weighted by Crippen LogP contribution is 2.39. The summed E-state index contributed by atoms with van der Waals surface area (Å²) in [5, 5.41) is 8.33. The molecule has 6 rings (SSSR count). The largest absolute Gasteiger partial charge is 0.418 e. The summed E-state index contributed by atoms with van der Waals surface area (Å²) < 4.78 is 59.0. The topological polar surface area (TPSA) is 86.7 Å². The Hall–Kier alpha value is -3.89. The van der Waals surface area contributed by atoms with Gasteiger partial charge in [0.1, 0.15) is 11.5 Å². The van der Waals surface area contributed by atoms with Gasteiger partial charge in [0.05, 0.1) is 17.8 Å². The molecule has 3 heterocycles. The minimum Gasteiger partial charge on any atom is -0.339 e. The third kappa shape index (κ3) is 6.63. The number of aryl methyl sites for hydroxylation is 1. The minimum absolute atomic E-state index is 0.0323. The van der Waals surface area contributed by atoms with Crippen molar-refractivity contribution in [1.82, 2.24) is 24.9 Å². The van der Waals surface area contributed by atoms with Crippen molar-refractivity contribution >= 4 is 0 Å². The predicted molar refractivity (Wildman–Crippen MR) is 139 cm³/mol. The molecule has 0 amide bonds. The van der Waals surface area contributed by atoms with Crippen LogP contribution in [0, 0.1) is 12.7 Å². The van der Waals surface area contributed by atoms with Crippen LogP contribution in [0.25, 0.3) is 11.5 Å². The van der Waals surface area contributed by atoms with Gasteiger partial charge in [-0.25, -0.2) is 9.07 Å². The molecule has 0 aliphatic heterocycles. The lowest BCUT2D eigenvalue weighted by atomic mass is 9.84. The van der Waals surface area contributed by atoms with Gasteiger partial charge < -0.3 is 4.52 Å². The van der Waals surface area contributed by atoms with Crippen LogP contribution in [0.2, 0.25) is 0 Å². The van der Waals surface area contributed by atoms with E-state index in [1.807, 2.05) is 13.0 Å². The summed E-state index contributed by atoms with van der Waals surface area (Å²) in [6.45, 7) is 1.47. The van der Waals surface area contributed by atoms with Crippen LogP contribution in [-0.2, 0) is 12.7 Å². The van der Waals surface area contributed by atoms with Crippen molar-refractivity contribution in [2.45, 2.75) is 76.4 Å². The second kappa shape index (κ2) is 11.7. The number of aromatic nitrogens is 5. The molecule has 11 heteroatoms. The molecule has 0 N–H and O–H groups in total. The Morgan fingerprint density at radius 3 is 2.42 bits per heavy atom. The highest BCUT2D eigenvalue weighted by Gasteiger charge is 2.34. The molecule has 0 saturated heterocycles. The van der Waals surface area contributed by atoms with Crippen molar-refractivity contribution in [3.8, 4) is 11.5 Å². The minimum atomic E-state index is -4.58. The third-order valence-electron chi connectivity index (χ3n) is 7.12. The van der Waals surface area contributed by atoms with Crippen molar-refractivity contribution in [2.75, 3.05) is 0 Å². The van der Waals surface area contributed by atoms with E-state index in [2.05, 4.69) is 20.2 Å². The summed E-state index contributed by atoms with van der Waals surface area (Å²) in [6, 6.07) is 10.4. The van der Waals surface area contributed by atoms with Crippen LogP contribution in [0.4, 0.5) is 17.6 Å². The number of hydrogen-bond acceptors (Lipinski definition) is 6. The summed E-state index contributed by atoms with van der Waals surface area (Å²) in [6.07, 6.45) is 3.52. The Labute approximate surface area is 228 Å². The van der Waals surface area contributed by atoms with Gasteiger partial charge in [-0.15, -0.1) is 0 Å². The standard InChI is InChI=1S/C22H22F3N5O2.C7H7F/c23-22(24,25)16-7-4-10-26-18(16)12-30-21(31)15(13-5-2-1-3-6-13)11-17(28-30)19-27-20(32-29-19)14-8-9-14;1-6-3-2-4-7(8)5-6/h4,7,10-11,13-14H,1-3,5-6,8-9,12H2;2-5H,1H3. The number of rotatable bonds is 5. The molecule has 0 radical (unpaired) electrons. The Balaban J connectivity index is 0.000000348. The molecule has 2 saturated carbocycles. The first kappa shape index (κ1) is 27.7. The van der Waals surface area contributed by atoms with Gasteiger partial charge in [0.2, 0.25) is 11.7 Å². The smallest absolute Gasteiger partial charge is 0.339 e. The SMILES string of the molecule is Cc1cccc(F)c1.O=c1c(C2CCCCC2)cc(-c2noc(C3CC3)n2)nn1Cc1ncccc1C(F)(F)F. The van der Waals surface area contributed by atoms with Crippen molar-refractivity contribution in [3.63, 3.8) is 0 Å². The summed E-state index contributed by atoms with van der Waals surface area (Å²) >= 11 is 0. The van der Waals surface area contributed by atoms with Gasteiger partial charge in [0, 0.05) is 17.7 Å². The maximum atomic E-state index is 13.5. The zero-order chi connectivity index (χ0) is 28.3. The van der Waals surface area contributed by atoms with E-state index in [4.69, 9.17) is 4.52 Å². The van der Waals surface area contributed by atoms with Gasteiger partial charge in [0.15, 0.2) is 0 Å². The van der Waals surface area contributed by atoms with E-state index in [9.17, 15) is 22.4 Å². The maximum absolute atomic E-state index is 13.5. The monoisotopic (exact) mass is 555 g/mol. The first-order valence-electron chi connectivity index (χ1n) is 13.4. The fourth-order valence-electron chi connectivity index (χ4n) is 4.89. The molecule has 4 aromatic rings. The van der Waals surface area contributed by atoms with E-state index in [0.29, 0.717) is 17.1 Å². The number of pyridine rings is 1. The number of hydrogen-bond donors (Lipinski definition) is 0. The quantitative estimate of drug-likeness (QED) is 0.251. The second-order valence-electron chi connectivity index (χ2n) is 10.3. The van der Waals surface area contributed by atoms with Crippen molar-refractivity contribution in [2.24, 2.45) is 0 Å². The van der Waals surface area contributed by atoms with Crippen molar-refractivity contribution in [3.05, 3.63) is 93.1 Å². The Morgan fingerprint density at radius 1 is 1.00 bits per heavy atom. The van der Waals surface area contributed by atoms with Crippen molar-refractivity contribution in [1.29, 1.82) is 0 Å². The number of benzene rings is 1. The normalized spacial score (nSPS) is 15.9. The van der Waals surface area contributed by atoms with Crippen LogP contribution in [-0.4, -0.2) is 24.9 Å². The molecule has 1 aromatic carbocycles. The van der Waals surface area contributed by atoms with Crippen LogP contribution in [0.3, 0.4) is 0 Å². The van der Waals surface area contributed by atoms with Crippen LogP contribution < -0.4 is 5.56 Å². The van der Waals surface area contributed by atoms with Crippen molar-refractivity contribution < 1.29 is 22.1 Å². The molecule has 0 atom stereocenters. The third-order valence-corrected chi connectivity index (χ3v) is 7.12. The van der Waals surface area contributed by atoms with E-state index in [1.54, 1.807) is 12.1 Å². The molecule has 0 unspecified atom stereocenters. The molecule has 7 nitrogen and oxygen atoms in total. The highest BCUT2D eigenvalue weighted by molar-refractivity contribution is 5.49. The molecule has 3 aromatic heterocycles. The summed E-state index contributed by atoms with van der Waals surface area (Å²) in [5.41, 5.74) is 0.291. The van der Waals surface area contributed by atoms with Crippen LogP contribution in [0.15, 0.2) is 58.0 Å². The summed E-state index contributed by atoms with van der Waals surface area (Å²) in [5.74, 6) is 0.898. The van der Waals surface area contributed by atoms with E-state index in [0.717, 1.165) is 61.3 Å². The molecule has 40 heavy (non-hydrogen) atoms. The van der Waals surface area contributed by atoms with E-state index >= 15 is 0 Å². The molecule has 0 bridgehead atoms. The average Bonchev–Trinajstić information content (AvgIpc) is 3.66. The van der Waals surface area contributed by atoms with Gasteiger partial charge in [0.25, 0.3) is 5.56 Å². The summed E-state index contributed by atoms with van der Waals surface area (Å²) in [7, 11) is 0. The van der Waals surface area contributed by atoms with Gasteiger partial charge in [-0.2, -0.15) is 23.3 Å². The number of nitrogens with zero attached hydrogens (tertiary/aromatic N) is 5. The second-order valence-corrected chi connectivity index (χ2v) is 10.3. The average molecular weight is 556 g/mol. The number of alkyl halides is 3. The van der Waals surface area contributed by atoms with Crippen LogP contribution in [0.5, 0.6) is 0 Å². The molecule has 2 aliphatic rings. The molecular formula is C29H29F4N5O2. The highest BCUT2D eigenvalue weighted by atomic mass is 19.4. The first-order valence-corrected chi connectivity index (χ1v) is 13.4. The zero-order valence-corrected chi connectivity index (χ0v) is 22.0. The van der Waals surface area contributed by atoms with Gasteiger partial charge >= 0.3 is 6.18 Å².